The lowest BCUT2D eigenvalue weighted by molar-refractivity contribution is 0.0772. The molecule has 7 heteroatoms. The van der Waals surface area contributed by atoms with E-state index in [4.69, 9.17) is 15.8 Å². The van der Waals surface area contributed by atoms with Crippen LogP contribution in [0.1, 0.15) is 16.8 Å². The summed E-state index contributed by atoms with van der Waals surface area (Å²) in [5, 5.41) is 15.9. The minimum atomic E-state index is -0.546. The maximum atomic E-state index is 12.9. The normalized spacial score (nSPS) is 19.0. The van der Waals surface area contributed by atoms with Crippen LogP contribution in [0.3, 0.4) is 0 Å². The van der Waals surface area contributed by atoms with E-state index in [1.165, 1.54) is 12.0 Å². The van der Waals surface area contributed by atoms with Crippen LogP contribution >= 0.6 is 0 Å². The smallest absolute Gasteiger partial charge is 0.254 e. The van der Waals surface area contributed by atoms with Gasteiger partial charge in [-0.3, -0.25) is 4.79 Å². The summed E-state index contributed by atoms with van der Waals surface area (Å²) in [4.78, 5) is 19.2. The van der Waals surface area contributed by atoms with Gasteiger partial charge in [0.25, 0.3) is 5.91 Å². The van der Waals surface area contributed by atoms with E-state index >= 15 is 0 Å². The molecular weight excluding hydrogens is 332 g/mol. The van der Waals surface area contributed by atoms with Gasteiger partial charge in [0, 0.05) is 12.0 Å². The summed E-state index contributed by atoms with van der Waals surface area (Å²) >= 11 is 0. The first-order valence-corrected chi connectivity index (χ1v) is 8.16. The van der Waals surface area contributed by atoms with Gasteiger partial charge in [-0.2, -0.15) is 0 Å². The number of carbonyl (C=O) groups excluding carboxylic acids is 1. The Morgan fingerprint density at radius 3 is 2.42 bits per heavy atom. The van der Waals surface area contributed by atoms with Crippen LogP contribution < -0.4 is 5.73 Å². The molecule has 1 unspecified atom stereocenters. The van der Waals surface area contributed by atoms with Gasteiger partial charge in [0.2, 0.25) is 0 Å². The molecule has 3 N–H and O–H groups in total. The number of hydrogen-bond donors (Lipinski definition) is 2. The van der Waals surface area contributed by atoms with Gasteiger partial charge in [-0.15, -0.1) is 0 Å². The van der Waals surface area contributed by atoms with Crippen LogP contribution in [0.4, 0.5) is 0 Å². The number of benzene rings is 2. The van der Waals surface area contributed by atoms with E-state index in [0.717, 1.165) is 11.1 Å². The molecule has 0 aliphatic carbocycles. The van der Waals surface area contributed by atoms with Crippen LogP contribution in [0.2, 0.25) is 0 Å². The zero-order valence-corrected chi connectivity index (χ0v) is 14.4. The van der Waals surface area contributed by atoms with Crippen LogP contribution in [-0.4, -0.2) is 47.3 Å². The molecule has 0 bridgehead atoms. The Balaban J connectivity index is 1.84. The van der Waals surface area contributed by atoms with Crippen LogP contribution in [0.15, 0.2) is 64.9 Å². The summed E-state index contributed by atoms with van der Waals surface area (Å²) in [6, 6.07) is 16.7. The standard InChI is InChI=1S/C19H20N4O3/c1-26-22-16-11-17(18(20)21-25)23(12-16)19(24)15-9-7-14(8-10-15)13-5-3-2-4-6-13/h2-10,17,25H,11-12H2,1H3,(H2,20,21)/b22-16+. The minimum Gasteiger partial charge on any atom is -0.409 e. The van der Waals surface area contributed by atoms with Crippen LogP contribution in [-0.2, 0) is 4.84 Å². The van der Waals surface area contributed by atoms with Crippen molar-refractivity contribution in [3.05, 3.63) is 60.2 Å². The number of carbonyl (C=O) groups is 1. The number of oxime groups is 2. The highest BCUT2D eigenvalue weighted by Gasteiger charge is 2.36. The van der Waals surface area contributed by atoms with Gasteiger partial charge in [-0.05, 0) is 23.3 Å². The Morgan fingerprint density at radius 1 is 1.15 bits per heavy atom. The van der Waals surface area contributed by atoms with E-state index in [9.17, 15) is 4.79 Å². The highest BCUT2D eigenvalue weighted by Crippen LogP contribution is 2.23. The zero-order valence-electron chi connectivity index (χ0n) is 14.4. The number of amides is 1. The third-order valence-corrected chi connectivity index (χ3v) is 4.34. The predicted molar refractivity (Wildman–Crippen MR) is 99.2 cm³/mol. The van der Waals surface area contributed by atoms with Crippen molar-refractivity contribution in [2.75, 3.05) is 13.7 Å². The summed E-state index contributed by atoms with van der Waals surface area (Å²) in [5.74, 6) is -0.233. The van der Waals surface area contributed by atoms with Crippen molar-refractivity contribution >= 4 is 17.5 Å². The first-order chi connectivity index (χ1) is 12.6. The fourth-order valence-corrected chi connectivity index (χ4v) is 3.05. The van der Waals surface area contributed by atoms with Crippen LogP contribution in [0.25, 0.3) is 11.1 Å². The van der Waals surface area contributed by atoms with Crippen molar-refractivity contribution in [1.82, 2.24) is 4.90 Å². The van der Waals surface area contributed by atoms with E-state index in [0.29, 0.717) is 17.7 Å². The van der Waals surface area contributed by atoms with E-state index in [1.54, 1.807) is 12.1 Å². The lowest BCUT2D eigenvalue weighted by atomic mass is 10.0. The van der Waals surface area contributed by atoms with E-state index in [1.807, 2.05) is 42.5 Å². The second-order valence-electron chi connectivity index (χ2n) is 5.96. The third-order valence-electron chi connectivity index (χ3n) is 4.34. The van der Waals surface area contributed by atoms with Crippen molar-refractivity contribution in [3.8, 4) is 11.1 Å². The molecule has 1 fully saturated rings. The van der Waals surface area contributed by atoms with Crippen molar-refractivity contribution < 1.29 is 14.8 Å². The molecule has 7 nitrogen and oxygen atoms in total. The molecule has 134 valence electrons. The molecule has 1 heterocycles. The Morgan fingerprint density at radius 2 is 1.81 bits per heavy atom. The van der Waals surface area contributed by atoms with E-state index in [2.05, 4.69) is 10.3 Å². The molecule has 1 atom stereocenters. The van der Waals surface area contributed by atoms with Gasteiger partial charge in [-0.1, -0.05) is 52.8 Å². The largest absolute Gasteiger partial charge is 0.409 e. The third kappa shape index (κ3) is 3.51. The Bertz CT molecular complexity index is 832. The number of rotatable bonds is 4. The number of nitrogens with zero attached hydrogens (tertiary/aromatic N) is 3. The highest BCUT2D eigenvalue weighted by molar-refractivity contribution is 6.06. The first kappa shape index (κ1) is 17.5. The van der Waals surface area contributed by atoms with Crippen LogP contribution in [0.5, 0.6) is 0 Å². The predicted octanol–water partition coefficient (Wildman–Crippen LogP) is 2.32. The lowest BCUT2D eigenvalue weighted by Gasteiger charge is -2.23. The fourth-order valence-electron chi connectivity index (χ4n) is 3.05. The first-order valence-electron chi connectivity index (χ1n) is 8.16. The van der Waals surface area contributed by atoms with E-state index < -0.39 is 6.04 Å². The molecule has 1 amide bonds. The second kappa shape index (κ2) is 7.69. The average Bonchev–Trinajstić information content (AvgIpc) is 3.12. The van der Waals surface area contributed by atoms with Gasteiger partial charge < -0.3 is 20.7 Å². The number of hydrogen-bond acceptors (Lipinski definition) is 5. The topological polar surface area (TPSA) is 101 Å². The molecular formula is C19H20N4O3. The molecule has 2 aromatic carbocycles. The quantitative estimate of drug-likeness (QED) is 0.382. The maximum absolute atomic E-state index is 12.9. The summed E-state index contributed by atoms with van der Waals surface area (Å²) in [6.07, 6.45) is 0.373. The lowest BCUT2D eigenvalue weighted by Crippen LogP contribution is -2.43. The second-order valence-corrected chi connectivity index (χ2v) is 5.96. The van der Waals surface area contributed by atoms with Crippen molar-refractivity contribution in [2.24, 2.45) is 16.0 Å². The van der Waals surface area contributed by atoms with Gasteiger partial charge in [-0.25, -0.2) is 0 Å². The maximum Gasteiger partial charge on any atom is 0.254 e. The summed E-state index contributed by atoms with van der Waals surface area (Å²) in [7, 11) is 1.44. The van der Waals surface area contributed by atoms with E-state index in [-0.39, 0.29) is 18.3 Å². The molecule has 1 aliphatic rings. The molecule has 0 radical (unpaired) electrons. The monoisotopic (exact) mass is 352 g/mol. The molecule has 1 saturated heterocycles. The molecule has 26 heavy (non-hydrogen) atoms. The van der Waals surface area contributed by atoms with Crippen molar-refractivity contribution in [1.29, 1.82) is 0 Å². The number of nitrogens with two attached hydrogens (primary N) is 1. The van der Waals surface area contributed by atoms with Gasteiger partial charge >= 0.3 is 0 Å². The Hall–Kier alpha value is -3.35. The minimum absolute atomic E-state index is 0.0273. The molecule has 0 saturated carbocycles. The van der Waals surface area contributed by atoms with Gasteiger partial charge in [0.1, 0.15) is 7.11 Å². The molecule has 2 aromatic rings. The molecule has 0 aromatic heterocycles. The summed E-state index contributed by atoms with van der Waals surface area (Å²) < 4.78 is 0. The van der Waals surface area contributed by atoms with Gasteiger partial charge in [0.15, 0.2) is 5.84 Å². The SMILES string of the molecule is CO/N=C1\CC(/C(N)=N/O)N(C(=O)c2ccc(-c3ccccc3)cc2)C1. The highest BCUT2D eigenvalue weighted by atomic mass is 16.6. The summed E-state index contributed by atoms with van der Waals surface area (Å²) in [5.41, 5.74) is 9.05. The average molecular weight is 352 g/mol. The Labute approximate surface area is 151 Å². The molecule has 3 rings (SSSR count). The number of amidine groups is 1. The van der Waals surface area contributed by atoms with Gasteiger partial charge in [0.05, 0.1) is 18.3 Å². The van der Waals surface area contributed by atoms with Crippen LogP contribution in [0, 0.1) is 0 Å². The number of likely N-dealkylation sites (tertiary alicyclic amines) is 1. The molecule has 0 spiro atoms. The van der Waals surface area contributed by atoms with Crippen molar-refractivity contribution in [3.63, 3.8) is 0 Å². The zero-order chi connectivity index (χ0) is 18.5. The Kier molecular flexibility index (Phi) is 5.17. The molecule has 1 aliphatic heterocycles. The summed E-state index contributed by atoms with van der Waals surface area (Å²) in [6.45, 7) is 0.272. The fraction of sp³-hybridized carbons (Fsp3) is 0.211. The van der Waals surface area contributed by atoms with Crippen molar-refractivity contribution in [2.45, 2.75) is 12.5 Å².